The van der Waals surface area contributed by atoms with Crippen LogP contribution in [0.1, 0.15) is 45.6 Å². The fraction of sp³-hybridized carbons (Fsp3) is 0.250. The molecule has 142 valence electrons. The Morgan fingerprint density at radius 3 is 2.64 bits per heavy atom. The molecule has 28 heavy (non-hydrogen) atoms. The Balaban J connectivity index is 1.76. The predicted octanol–water partition coefficient (Wildman–Crippen LogP) is 4.92. The summed E-state index contributed by atoms with van der Waals surface area (Å²) in [6.45, 7) is 7.84. The third-order valence-corrected chi connectivity index (χ3v) is 5.51. The van der Waals surface area contributed by atoms with E-state index >= 15 is 0 Å². The normalized spacial score (nSPS) is 14.5. The number of pyridine rings is 1. The summed E-state index contributed by atoms with van der Waals surface area (Å²) >= 11 is 0. The van der Waals surface area contributed by atoms with Gasteiger partial charge in [0.15, 0.2) is 0 Å². The predicted molar refractivity (Wildman–Crippen MR) is 113 cm³/mol. The average Bonchev–Trinajstić information content (AvgIpc) is 3.47. The van der Waals surface area contributed by atoms with Crippen molar-refractivity contribution in [2.45, 2.75) is 32.2 Å². The zero-order valence-corrected chi connectivity index (χ0v) is 16.5. The minimum absolute atomic E-state index is 0.0777. The number of ether oxygens (including phenoxy) is 1. The van der Waals surface area contributed by atoms with Gasteiger partial charge in [0.25, 0.3) is 5.91 Å². The number of benzene rings is 2. The molecule has 0 radical (unpaired) electrons. The lowest BCUT2D eigenvalue weighted by Crippen LogP contribution is -2.35. The second-order valence-corrected chi connectivity index (χ2v) is 7.51. The van der Waals surface area contributed by atoms with Crippen molar-refractivity contribution in [2.24, 2.45) is 0 Å². The van der Waals surface area contributed by atoms with Crippen LogP contribution >= 0.6 is 0 Å². The maximum Gasteiger partial charge on any atom is 0.252 e. The van der Waals surface area contributed by atoms with Crippen LogP contribution in [0.3, 0.4) is 0 Å². The number of carbonyl (C=O) groups excluding carboxylic acids is 1. The molecule has 4 rings (SSSR count). The van der Waals surface area contributed by atoms with Crippen molar-refractivity contribution < 1.29 is 9.53 Å². The van der Waals surface area contributed by atoms with E-state index in [1.54, 1.807) is 13.2 Å². The number of aromatic nitrogens is 1. The molecule has 0 saturated heterocycles. The lowest BCUT2D eigenvalue weighted by Gasteiger charge is -2.21. The van der Waals surface area contributed by atoms with E-state index in [0.717, 1.165) is 46.1 Å². The van der Waals surface area contributed by atoms with E-state index in [2.05, 4.69) is 29.0 Å². The van der Waals surface area contributed by atoms with Crippen LogP contribution in [0.15, 0.2) is 49.0 Å². The van der Waals surface area contributed by atoms with Crippen LogP contribution in [-0.2, 0) is 5.54 Å². The summed E-state index contributed by atoms with van der Waals surface area (Å²) in [6, 6.07) is 13.9. The van der Waals surface area contributed by atoms with Crippen LogP contribution in [0.4, 0.5) is 0 Å². The summed E-state index contributed by atoms with van der Waals surface area (Å²) in [7, 11) is 1.61. The van der Waals surface area contributed by atoms with Crippen molar-refractivity contribution in [1.29, 1.82) is 0 Å². The van der Waals surface area contributed by atoms with E-state index in [9.17, 15) is 4.79 Å². The standard InChI is InChI=1S/C24H24N2O2/c1-5-17-12-21(19-9-7-16(3)25-22(19)13-17)24(10-11-24)26-23(27)20-14-18(28-4)8-6-15(20)2/h5-9,12-14H,1,10-11H2,2-4H3,(H,26,27). The van der Waals surface area contributed by atoms with E-state index in [-0.39, 0.29) is 11.4 Å². The summed E-state index contributed by atoms with van der Waals surface area (Å²) in [5, 5.41) is 4.37. The molecule has 1 amide bonds. The molecule has 4 heteroatoms. The number of nitrogens with zero attached hydrogens (tertiary/aromatic N) is 1. The van der Waals surface area contributed by atoms with Crippen molar-refractivity contribution >= 4 is 22.9 Å². The van der Waals surface area contributed by atoms with Crippen molar-refractivity contribution in [3.05, 3.63) is 77.0 Å². The second kappa shape index (κ2) is 6.79. The molecule has 0 atom stereocenters. The molecule has 1 aliphatic rings. The van der Waals surface area contributed by atoms with Gasteiger partial charge in [0, 0.05) is 16.6 Å². The molecule has 0 unspecified atom stereocenters. The van der Waals surface area contributed by atoms with E-state index < -0.39 is 0 Å². The van der Waals surface area contributed by atoms with Crippen LogP contribution in [0.25, 0.3) is 17.0 Å². The number of fused-ring (bicyclic) bond motifs is 1. The van der Waals surface area contributed by atoms with Crippen LogP contribution < -0.4 is 10.1 Å². The van der Waals surface area contributed by atoms with Gasteiger partial charge in [-0.25, -0.2) is 0 Å². The highest BCUT2D eigenvalue weighted by Crippen LogP contribution is 2.48. The highest BCUT2D eigenvalue weighted by atomic mass is 16.5. The molecule has 1 heterocycles. The summed E-state index contributed by atoms with van der Waals surface area (Å²) in [5.74, 6) is 0.602. The zero-order chi connectivity index (χ0) is 19.9. The summed E-state index contributed by atoms with van der Waals surface area (Å²) in [6.07, 6.45) is 3.65. The quantitative estimate of drug-likeness (QED) is 0.691. The molecule has 2 aromatic carbocycles. The number of carbonyl (C=O) groups is 1. The molecule has 1 N–H and O–H groups in total. The number of hydrogen-bond acceptors (Lipinski definition) is 3. The van der Waals surface area contributed by atoms with Crippen molar-refractivity contribution in [3.8, 4) is 5.75 Å². The van der Waals surface area contributed by atoms with Crippen LogP contribution in [0.2, 0.25) is 0 Å². The zero-order valence-electron chi connectivity index (χ0n) is 16.5. The van der Waals surface area contributed by atoms with Gasteiger partial charge in [0.1, 0.15) is 5.75 Å². The topological polar surface area (TPSA) is 51.2 Å². The Labute approximate surface area is 165 Å². The van der Waals surface area contributed by atoms with Crippen molar-refractivity contribution in [1.82, 2.24) is 10.3 Å². The highest BCUT2D eigenvalue weighted by Gasteiger charge is 2.47. The first-order chi connectivity index (χ1) is 13.5. The van der Waals surface area contributed by atoms with E-state index in [4.69, 9.17) is 4.74 Å². The van der Waals surface area contributed by atoms with Gasteiger partial charge in [-0.1, -0.05) is 24.8 Å². The van der Waals surface area contributed by atoms with Gasteiger partial charge in [-0.3, -0.25) is 9.78 Å². The summed E-state index contributed by atoms with van der Waals surface area (Å²) in [4.78, 5) is 17.8. The third-order valence-electron chi connectivity index (χ3n) is 5.51. The number of methoxy groups -OCH3 is 1. The Morgan fingerprint density at radius 2 is 1.96 bits per heavy atom. The largest absolute Gasteiger partial charge is 0.497 e. The first kappa shape index (κ1) is 18.2. The summed E-state index contributed by atoms with van der Waals surface area (Å²) < 4.78 is 5.29. The highest BCUT2D eigenvalue weighted by molar-refractivity contribution is 5.97. The Kier molecular flexibility index (Phi) is 4.42. The lowest BCUT2D eigenvalue weighted by molar-refractivity contribution is 0.0930. The molecular formula is C24H24N2O2. The molecule has 4 nitrogen and oxygen atoms in total. The van der Waals surface area contributed by atoms with Crippen LogP contribution in [-0.4, -0.2) is 18.0 Å². The Morgan fingerprint density at radius 1 is 1.18 bits per heavy atom. The van der Waals surface area contributed by atoms with Crippen molar-refractivity contribution in [3.63, 3.8) is 0 Å². The Hall–Kier alpha value is -3.14. The molecular weight excluding hydrogens is 348 g/mol. The molecule has 0 aliphatic heterocycles. The monoisotopic (exact) mass is 372 g/mol. The molecule has 1 aliphatic carbocycles. The second-order valence-electron chi connectivity index (χ2n) is 7.51. The number of nitrogens with one attached hydrogen (secondary N) is 1. The number of amides is 1. The van der Waals surface area contributed by atoms with Crippen LogP contribution in [0.5, 0.6) is 5.75 Å². The number of aryl methyl sites for hydroxylation is 2. The van der Waals surface area contributed by atoms with Crippen LogP contribution in [0, 0.1) is 13.8 Å². The van der Waals surface area contributed by atoms with Crippen molar-refractivity contribution in [2.75, 3.05) is 7.11 Å². The van der Waals surface area contributed by atoms with E-state index in [1.165, 1.54) is 0 Å². The van der Waals surface area contributed by atoms with Gasteiger partial charge in [-0.15, -0.1) is 0 Å². The molecule has 0 spiro atoms. The lowest BCUT2D eigenvalue weighted by atomic mass is 9.95. The minimum atomic E-state index is -0.360. The number of hydrogen-bond donors (Lipinski definition) is 1. The first-order valence-corrected chi connectivity index (χ1v) is 9.47. The molecule has 3 aromatic rings. The van der Waals surface area contributed by atoms with E-state index in [1.807, 2.05) is 44.2 Å². The summed E-state index contributed by atoms with van der Waals surface area (Å²) in [5.41, 5.74) is 5.24. The van der Waals surface area contributed by atoms with Gasteiger partial charge in [0.2, 0.25) is 0 Å². The van der Waals surface area contributed by atoms with Gasteiger partial charge in [-0.2, -0.15) is 0 Å². The first-order valence-electron chi connectivity index (χ1n) is 9.47. The SMILES string of the molecule is C=Cc1cc(C2(NC(=O)c3cc(OC)ccc3C)CC2)c2ccc(C)nc2c1. The maximum absolute atomic E-state index is 13.1. The fourth-order valence-electron chi connectivity index (χ4n) is 3.72. The Bertz CT molecular complexity index is 1100. The third kappa shape index (κ3) is 3.15. The van der Waals surface area contributed by atoms with Gasteiger partial charge >= 0.3 is 0 Å². The van der Waals surface area contributed by atoms with Gasteiger partial charge < -0.3 is 10.1 Å². The molecule has 0 bridgehead atoms. The minimum Gasteiger partial charge on any atom is -0.497 e. The smallest absolute Gasteiger partial charge is 0.252 e. The maximum atomic E-state index is 13.1. The molecule has 1 fully saturated rings. The van der Waals surface area contributed by atoms with Gasteiger partial charge in [0.05, 0.1) is 18.2 Å². The average molecular weight is 372 g/mol. The van der Waals surface area contributed by atoms with Gasteiger partial charge in [-0.05, 0) is 73.7 Å². The molecule has 1 aromatic heterocycles. The number of rotatable bonds is 5. The van der Waals surface area contributed by atoms with E-state index in [0.29, 0.717) is 11.3 Å². The molecule has 1 saturated carbocycles. The fourth-order valence-corrected chi connectivity index (χ4v) is 3.72.